The molecule has 0 amide bonds. The first-order valence-corrected chi connectivity index (χ1v) is 11.7. The van der Waals surface area contributed by atoms with Crippen LogP contribution >= 0.6 is 0 Å². The van der Waals surface area contributed by atoms with Gasteiger partial charge in [-0.05, 0) is 36.8 Å². The first-order chi connectivity index (χ1) is 16.8. The molecular weight excluding hydrogens is 496 g/mol. The molecule has 0 unspecified atom stereocenters. The van der Waals surface area contributed by atoms with Crippen molar-refractivity contribution in [3.63, 3.8) is 0 Å². The number of rotatable bonds is 10. The molecule has 36 heavy (non-hydrogen) atoms. The number of carbonyl (C=O) groups is 2. The maximum absolute atomic E-state index is 12.6. The first-order valence-electron chi connectivity index (χ1n) is 10.3. The Labute approximate surface area is 209 Å². The largest absolute Gasteiger partial charge is 0.495 e. The van der Waals surface area contributed by atoms with Crippen LogP contribution in [0, 0.1) is 6.92 Å². The van der Waals surface area contributed by atoms with E-state index in [2.05, 4.69) is 10.5 Å². The van der Waals surface area contributed by atoms with Gasteiger partial charge in [0.2, 0.25) is 5.96 Å². The predicted molar refractivity (Wildman–Crippen MR) is 133 cm³/mol. The van der Waals surface area contributed by atoms with Gasteiger partial charge in [0.15, 0.2) is 0 Å². The van der Waals surface area contributed by atoms with Gasteiger partial charge >= 0.3 is 10.1 Å². The van der Waals surface area contributed by atoms with E-state index in [9.17, 15) is 8.42 Å². The van der Waals surface area contributed by atoms with Crippen molar-refractivity contribution in [1.82, 2.24) is 5.43 Å². The summed E-state index contributed by atoms with van der Waals surface area (Å²) in [6.45, 7) is 4.89. The smallest absolute Gasteiger partial charge is 0.342 e. The third-order valence-corrected chi connectivity index (χ3v) is 4.77. The van der Waals surface area contributed by atoms with Crippen LogP contribution in [0.5, 0.6) is 17.2 Å². The normalized spacial score (nSPS) is 9.78. The van der Waals surface area contributed by atoms with Crippen LogP contribution in [-0.2, 0) is 19.7 Å². The molecule has 0 spiro atoms. The second-order valence-electron chi connectivity index (χ2n) is 6.85. The van der Waals surface area contributed by atoms with Gasteiger partial charge in [-0.25, -0.2) is 0 Å². The molecule has 0 bridgehead atoms. The fourth-order valence-electron chi connectivity index (χ4n) is 2.33. The molecule has 2 aromatic rings. The summed E-state index contributed by atoms with van der Waals surface area (Å²) in [6.07, 6.45) is 0.639. The molecule has 2 rings (SSSR count). The maximum Gasteiger partial charge on any atom is 0.342 e. The Morgan fingerprint density at radius 2 is 1.58 bits per heavy atom. The zero-order valence-corrected chi connectivity index (χ0v) is 21.2. The van der Waals surface area contributed by atoms with Gasteiger partial charge in [0.05, 0.1) is 13.7 Å². The number of hydrogen-bond donors (Lipinski definition) is 5. The molecular formula is C22H32N4O9S. The van der Waals surface area contributed by atoms with Crippen molar-refractivity contribution >= 4 is 28.0 Å². The molecule has 0 aliphatic carbocycles. The SMILES string of the molecule is CC(=O)O.CC(=O)O.COc1ccccc1S(=O)(=O)Oc1cc(C)cc(OCCCNN=C(N)N)c1. The second-order valence-corrected chi connectivity index (χ2v) is 8.37. The fraction of sp³-hybridized carbons (Fsp3) is 0.318. The van der Waals surface area contributed by atoms with E-state index in [1.807, 2.05) is 6.92 Å². The van der Waals surface area contributed by atoms with Gasteiger partial charge in [0.25, 0.3) is 11.9 Å². The van der Waals surface area contributed by atoms with Crippen molar-refractivity contribution in [2.24, 2.45) is 16.6 Å². The van der Waals surface area contributed by atoms with Crippen molar-refractivity contribution in [1.29, 1.82) is 0 Å². The van der Waals surface area contributed by atoms with Crippen LogP contribution in [0.2, 0.25) is 0 Å². The summed E-state index contributed by atoms with van der Waals surface area (Å²) >= 11 is 0. The summed E-state index contributed by atoms with van der Waals surface area (Å²) in [5, 5.41) is 18.5. The number of guanidine groups is 1. The number of nitrogens with one attached hydrogen (secondary N) is 1. The highest BCUT2D eigenvalue weighted by Gasteiger charge is 2.21. The van der Waals surface area contributed by atoms with Crippen molar-refractivity contribution in [2.75, 3.05) is 20.3 Å². The van der Waals surface area contributed by atoms with E-state index in [1.165, 1.54) is 19.2 Å². The number of carboxylic acid groups (broad SMARTS) is 2. The highest BCUT2D eigenvalue weighted by molar-refractivity contribution is 7.87. The Hall–Kier alpha value is -4.20. The van der Waals surface area contributed by atoms with Crippen LogP contribution in [0.4, 0.5) is 0 Å². The quantitative estimate of drug-likeness (QED) is 0.0975. The average Bonchev–Trinajstić information content (AvgIpc) is 2.74. The van der Waals surface area contributed by atoms with E-state index < -0.39 is 22.1 Å². The van der Waals surface area contributed by atoms with Crippen molar-refractivity contribution in [3.05, 3.63) is 48.0 Å². The highest BCUT2D eigenvalue weighted by atomic mass is 32.2. The molecule has 200 valence electrons. The van der Waals surface area contributed by atoms with Gasteiger partial charge in [-0.15, -0.1) is 5.10 Å². The van der Waals surface area contributed by atoms with Crippen molar-refractivity contribution in [3.8, 4) is 17.2 Å². The molecule has 0 atom stereocenters. The van der Waals surface area contributed by atoms with Gasteiger partial charge < -0.3 is 40.8 Å². The number of para-hydroxylation sites is 1. The van der Waals surface area contributed by atoms with E-state index in [1.54, 1.807) is 30.3 Å². The molecule has 14 heteroatoms. The van der Waals surface area contributed by atoms with Gasteiger partial charge in [0, 0.05) is 32.9 Å². The molecule has 0 aliphatic rings. The summed E-state index contributed by atoms with van der Waals surface area (Å²) in [7, 11) is -2.66. The molecule has 0 saturated heterocycles. The third-order valence-electron chi connectivity index (χ3n) is 3.48. The molecule has 0 aliphatic heterocycles. The number of ether oxygens (including phenoxy) is 2. The van der Waals surface area contributed by atoms with Crippen molar-refractivity contribution < 1.29 is 41.9 Å². The summed E-state index contributed by atoms with van der Waals surface area (Å²) < 4.78 is 41.2. The maximum atomic E-state index is 12.6. The Morgan fingerprint density at radius 3 is 2.14 bits per heavy atom. The number of methoxy groups -OCH3 is 1. The van der Waals surface area contributed by atoms with Gasteiger partial charge in [0.1, 0.15) is 22.1 Å². The lowest BCUT2D eigenvalue weighted by Crippen LogP contribution is -2.27. The minimum Gasteiger partial charge on any atom is -0.495 e. The van der Waals surface area contributed by atoms with Crippen LogP contribution in [0.3, 0.4) is 0 Å². The Kier molecular flexibility index (Phi) is 14.5. The summed E-state index contributed by atoms with van der Waals surface area (Å²) in [5.41, 5.74) is 13.9. The second kappa shape index (κ2) is 16.4. The number of hydrogen-bond acceptors (Lipinski definition) is 9. The minimum atomic E-state index is -4.06. The molecule has 0 radical (unpaired) electrons. The van der Waals surface area contributed by atoms with Crippen LogP contribution in [0.15, 0.2) is 52.5 Å². The molecule has 7 N–H and O–H groups in total. The number of aryl methyl sites for hydroxylation is 1. The van der Waals surface area contributed by atoms with E-state index in [0.29, 0.717) is 25.3 Å². The van der Waals surface area contributed by atoms with Gasteiger partial charge in [-0.1, -0.05) is 12.1 Å². The molecule has 0 fully saturated rings. The average molecular weight is 529 g/mol. The lowest BCUT2D eigenvalue weighted by atomic mass is 10.2. The van der Waals surface area contributed by atoms with Gasteiger partial charge in [-0.3, -0.25) is 9.59 Å². The molecule has 2 aromatic carbocycles. The van der Waals surface area contributed by atoms with Gasteiger partial charge in [-0.2, -0.15) is 8.42 Å². The topological polar surface area (TPSA) is 213 Å². The predicted octanol–water partition coefficient (Wildman–Crippen LogP) is 1.50. The Balaban J connectivity index is 0.00000133. The molecule has 0 aromatic heterocycles. The lowest BCUT2D eigenvalue weighted by Gasteiger charge is -2.12. The zero-order valence-electron chi connectivity index (χ0n) is 20.4. The minimum absolute atomic E-state index is 0.0438. The number of benzene rings is 2. The number of hydrazone groups is 1. The fourth-order valence-corrected chi connectivity index (χ4v) is 3.41. The van der Waals surface area contributed by atoms with Crippen LogP contribution < -0.4 is 30.5 Å². The first kappa shape index (κ1) is 31.8. The number of nitrogens with zero attached hydrogens (tertiary/aromatic N) is 1. The van der Waals surface area contributed by atoms with E-state index >= 15 is 0 Å². The molecule has 13 nitrogen and oxygen atoms in total. The Morgan fingerprint density at radius 1 is 1.03 bits per heavy atom. The van der Waals surface area contributed by atoms with E-state index in [-0.39, 0.29) is 22.4 Å². The van der Waals surface area contributed by atoms with Crippen molar-refractivity contribution in [2.45, 2.75) is 32.1 Å². The van der Waals surface area contributed by atoms with Crippen LogP contribution in [-0.4, -0.2) is 56.8 Å². The lowest BCUT2D eigenvalue weighted by molar-refractivity contribution is -0.135. The summed E-state index contributed by atoms with van der Waals surface area (Å²) in [5.74, 6) is -0.857. The number of carboxylic acids is 2. The monoisotopic (exact) mass is 528 g/mol. The third kappa shape index (κ3) is 14.8. The van der Waals surface area contributed by atoms with E-state index in [4.69, 9.17) is 44.9 Å². The van der Waals surface area contributed by atoms with Crippen LogP contribution in [0.1, 0.15) is 25.8 Å². The number of nitrogens with two attached hydrogens (primary N) is 2. The number of aliphatic carboxylic acids is 2. The molecule has 0 heterocycles. The standard InChI is InChI=1S/C18H24N4O5S.2C2H4O2/c1-13-10-14(26-9-5-8-21-22-18(19)20)12-15(11-13)27-28(23,24)17-7-4-3-6-16(17)25-2;2*1-2(3)4/h3-4,6-7,10-12,21H,5,8-9H2,1-2H3,(H4,19,20,22);2*1H3,(H,3,4). The molecule has 0 saturated carbocycles. The van der Waals surface area contributed by atoms with Crippen LogP contribution in [0.25, 0.3) is 0 Å². The summed E-state index contributed by atoms with van der Waals surface area (Å²) in [4.78, 5) is 18.0. The summed E-state index contributed by atoms with van der Waals surface area (Å²) in [6, 6.07) is 11.2. The van der Waals surface area contributed by atoms with E-state index in [0.717, 1.165) is 19.4 Å². The Bertz CT molecular complexity index is 1100. The zero-order chi connectivity index (χ0) is 27.7. The highest BCUT2D eigenvalue weighted by Crippen LogP contribution is 2.29.